The van der Waals surface area contributed by atoms with Crippen molar-refractivity contribution < 1.29 is 9.13 Å². The van der Waals surface area contributed by atoms with E-state index < -0.39 is 6.17 Å². The highest BCUT2D eigenvalue weighted by Gasteiger charge is 2.46. The zero-order valence-corrected chi connectivity index (χ0v) is 9.05. The molecule has 0 aromatic carbocycles. The molecule has 0 aromatic heterocycles. The number of hydrogen-bond acceptors (Lipinski definition) is 2. The van der Waals surface area contributed by atoms with Crippen LogP contribution in [0.25, 0.3) is 0 Å². The van der Waals surface area contributed by atoms with Crippen molar-refractivity contribution in [3.63, 3.8) is 0 Å². The van der Waals surface area contributed by atoms with E-state index in [0.29, 0.717) is 17.9 Å². The Balaban J connectivity index is 1.70. The number of alkyl halides is 1. The zero-order valence-electron chi connectivity index (χ0n) is 9.05. The van der Waals surface area contributed by atoms with Crippen LogP contribution in [0.15, 0.2) is 0 Å². The van der Waals surface area contributed by atoms with Crippen LogP contribution in [0, 0.1) is 11.3 Å². The van der Waals surface area contributed by atoms with Gasteiger partial charge in [-0.15, -0.1) is 0 Å². The van der Waals surface area contributed by atoms with Crippen LogP contribution < -0.4 is 5.32 Å². The fraction of sp³-hybridized carbons (Fsp3) is 1.00. The maximum Gasteiger partial charge on any atom is 0.139 e. The van der Waals surface area contributed by atoms with Gasteiger partial charge in [-0.3, -0.25) is 0 Å². The number of rotatable bonds is 3. The molecule has 1 N–H and O–H groups in total. The third-order valence-corrected chi connectivity index (χ3v) is 3.58. The average Bonchev–Trinajstić information content (AvgIpc) is 2.73. The van der Waals surface area contributed by atoms with E-state index in [-0.39, 0.29) is 6.10 Å². The summed E-state index contributed by atoms with van der Waals surface area (Å²) in [5, 5.41) is 3.03. The molecule has 1 saturated heterocycles. The number of hydrogen-bond donors (Lipinski definition) is 1. The lowest BCUT2D eigenvalue weighted by molar-refractivity contribution is -0.0254. The van der Waals surface area contributed by atoms with E-state index in [1.54, 1.807) is 0 Å². The van der Waals surface area contributed by atoms with Crippen molar-refractivity contribution in [1.29, 1.82) is 0 Å². The Bertz CT molecular complexity index is 207. The van der Waals surface area contributed by atoms with Gasteiger partial charge in [-0.1, -0.05) is 13.8 Å². The molecule has 1 unspecified atom stereocenters. The molecule has 0 spiro atoms. The van der Waals surface area contributed by atoms with Crippen molar-refractivity contribution in [2.45, 2.75) is 39.0 Å². The van der Waals surface area contributed by atoms with Crippen molar-refractivity contribution in [1.82, 2.24) is 5.32 Å². The molecule has 3 heteroatoms. The van der Waals surface area contributed by atoms with Crippen LogP contribution in [-0.4, -0.2) is 32.0 Å². The first kappa shape index (κ1) is 10.4. The number of ether oxygens (including phenoxy) is 1. The number of nitrogens with one attached hydrogen (secondary N) is 1. The van der Waals surface area contributed by atoms with Gasteiger partial charge in [0.15, 0.2) is 0 Å². The van der Waals surface area contributed by atoms with Crippen molar-refractivity contribution >= 4 is 0 Å². The molecule has 1 aliphatic carbocycles. The first-order valence-electron chi connectivity index (χ1n) is 5.56. The monoisotopic (exact) mass is 201 g/mol. The Hall–Kier alpha value is -0.150. The SMILES string of the molecule is CC1(C)CC1CO[C@H]1CCNC[C@@H]1F. The molecular formula is C11H20FNO. The highest BCUT2D eigenvalue weighted by Crippen LogP contribution is 2.51. The molecule has 2 aliphatic rings. The van der Waals surface area contributed by atoms with Gasteiger partial charge in [-0.2, -0.15) is 0 Å². The number of halogens is 1. The van der Waals surface area contributed by atoms with E-state index in [4.69, 9.17) is 4.74 Å². The van der Waals surface area contributed by atoms with Crippen LogP contribution in [-0.2, 0) is 4.74 Å². The first-order chi connectivity index (χ1) is 6.59. The molecular weight excluding hydrogens is 181 g/mol. The summed E-state index contributed by atoms with van der Waals surface area (Å²) < 4.78 is 19.0. The third kappa shape index (κ3) is 2.26. The first-order valence-corrected chi connectivity index (χ1v) is 5.56. The topological polar surface area (TPSA) is 21.3 Å². The van der Waals surface area contributed by atoms with Gasteiger partial charge in [0, 0.05) is 6.54 Å². The predicted molar refractivity (Wildman–Crippen MR) is 54.0 cm³/mol. The van der Waals surface area contributed by atoms with Gasteiger partial charge in [0.1, 0.15) is 6.17 Å². The molecule has 0 aromatic rings. The smallest absolute Gasteiger partial charge is 0.139 e. The fourth-order valence-electron chi connectivity index (χ4n) is 2.08. The zero-order chi connectivity index (χ0) is 10.2. The highest BCUT2D eigenvalue weighted by atomic mass is 19.1. The number of piperidine rings is 1. The lowest BCUT2D eigenvalue weighted by atomic mass is 10.1. The van der Waals surface area contributed by atoms with E-state index >= 15 is 0 Å². The second-order valence-corrected chi connectivity index (χ2v) is 5.27. The van der Waals surface area contributed by atoms with Crippen molar-refractivity contribution in [3.05, 3.63) is 0 Å². The summed E-state index contributed by atoms with van der Waals surface area (Å²) in [7, 11) is 0. The third-order valence-electron chi connectivity index (χ3n) is 3.58. The van der Waals surface area contributed by atoms with Crippen molar-refractivity contribution in [2.75, 3.05) is 19.7 Å². The van der Waals surface area contributed by atoms with Gasteiger partial charge in [0.25, 0.3) is 0 Å². The minimum atomic E-state index is -0.814. The molecule has 0 bridgehead atoms. The van der Waals surface area contributed by atoms with Crippen LogP contribution in [0.5, 0.6) is 0 Å². The van der Waals surface area contributed by atoms with E-state index in [0.717, 1.165) is 19.6 Å². The fourth-order valence-corrected chi connectivity index (χ4v) is 2.08. The Morgan fingerprint density at radius 1 is 1.50 bits per heavy atom. The second kappa shape index (κ2) is 3.78. The Morgan fingerprint density at radius 3 is 2.79 bits per heavy atom. The van der Waals surface area contributed by atoms with Gasteiger partial charge in [-0.05, 0) is 30.7 Å². The lowest BCUT2D eigenvalue weighted by Crippen LogP contribution is -2.43. The van der Waals surface area contributed by atoms with Crippen LogP contribution in [0.2, 0.25) is 0 Å². The van der Waals surface area contributed by atoms with E-state index in [9.17, 15) is 4.39 Å². The van der Waals surface area contributed by atoms with E-state index in [1.165, 1.54) is 6.42 Å². The average molecular weight is 201 g/mol. The van der Waals surface area contributed by atoms with Gasteiger partial charge in [0.2, 0.25) is 0 Å². The molecule has 14 heavy (non-hydrogen) atoms. The summed E-state index contributed by atoms with van der Waals surface area (Å²) in [5.41, 5.74) is 0.443. The summed E-state index contributed by atoms with van der Waals surface area (Å²) in [6, 6.07) is 0. The van der Waals surface area contributed by atoms with Gasteiger partial charge in [-0.25, -0.2) is 4.39 Å². The molecule has 0 amide bonds. The normalized spacial score (nSPS) is 40.9. The predicted octanol–water partition coefficient (Wildman–Crippen LogP) is 1.75. The Morgan fingerprint density at radius 2 is 2.21 bits per heavy atom. The van der Waals surface area contributed by atoms with Crippen LogP contribution in [0.1, 0.15) is 26.7 Å². The maximum atomic E-state index is 13.3. The highest BCUT2D eigenvalue weighted by molar-refractivity contribution is 4.95. The van der Waals surface area contributed by atoms with E-state index in [2.05, 4.69) is 19.2 Å². The molecule has 82 valence electrons. The van der Waals surface area contributed by atoms with Gasteiger partial charge >= 0.3 is 0 Å². The lowest BCUT2D eigenvalue weighted by Gasteiger charge is -2.27. The van der Waals surface area contributed by atoms with Crippen molar-refractivity contribution in [2.24, 2.45) is 11.3 Å². The molecule has 2 rings (SSSR count). The van der Waals surface area contributed by atoms with Crippen molar-refractivity contribution in [3.8, 4) is 0 Å². The summed E-state index contributed by atoms with van der Waals surface area (Å²) in [5.74, 6) is 0.657. The van der Waals surface area contributed by atoms with E-state index in [1.807, 2.05) is 0 Å². The summed E-state index contributed by atoms with van der Waals surface area (Å²) >= 11 is 0. The Labute approximate surface area is 85.2 Å². The molecule has 2 nitrogen and oxygen atoms in total. The van der Waals surface area contributed by atoms with Crippen LogP contribution in [0.4, 0.5) is 4.39 Å². The van der Waals surface area contributed by atoms with Crippen LogP contribution >= 0.6 is 0 Å². The molecule has 1 aliphatic heterocycles. The van der Waals surface area contributed by atoms with Crippen LogP contribution in [0.3, 0.4) is 0 Å². The standard InChI is InChI=1S/C11H20FNO/c1-11(2)5-8(11)7-14-10-3-4-13-6-9(10)12/h8-10,13H,3-7H2,1-2H3/t8?,9-,10-/m0/s1. The summed E-state index contributed by atoms with van der Waals surface area (Å²) in [6.45, 7) is 6.59. The minimum absolute atomic E-state index is 0.160. The maximum absolute atomic E-state index is 13.3. The minimum Gasteiger partial charge on any atom is -0.375 e. The largest absolute Gasteiger partial charge is 0.375 e. The molecule has 1 saturated carbocycles. The molecule has 2 fully saturated rings. The molecule has 1 heterocycles. The Kier molecular flexibility index (Phi) is 2.80. The summed E-state index contributed by atoms with van der Waals surface area (Å²) in [6.07, 6.45) is 1.07. The molecule has 0 radical (unpaired) electrons. The molecule has 3 atom stereocenters. The second-order valence-electron chi connectivity index (χ2n) is 5.27. The quantitative estimate of drug-likeness (QED) is 0.751. The van der Waals surface area contributed by atoms with Gasteiger partial charge < -0.3 is 10.1 Å². The summed E-state index contributed by atoms with van der Waals surface area (Å²) in [4.78, 5) is 0. The van der Waals surface area contributed by atoms with Gasteiger partial charge in [0.05, 0.1) is 12.7 Å².